The molecule has 2 aromatic rings. The highest BCUT2D eigenvalue weighted by Gasteiger charge is 2.33. The summed E-state index contributed by atoms with van der Waals surface area (Å²) in [6, 6.07) is 11.5. The summed E-state index contributed by atoms with van der Waals surface area (Å²) in [6.45, 7) is 2.65. The highest BCUT2D eigenvalue weighted by Crippen LogP contribution is 2.32. The molecular weight excluding hydrogens is 449 g/mol. The van der Waals surface area contributed by atoms with Gasteiger partial charge in [-0.25, -0.2) is 8.42 Å². The molecule has 3 rings (SSSR count). The highest BCUT2D eigenvalue weighted by molar-refractivity contribution is 7.89. The molecule has 160 valence electrons. The summed E-state index contributed by atoms with van der Waals surface area (Å²) in [4.78, 5) is 25.3. The lowest BCUT2D eigenvalue weighted by Gasteiger charge is -2.34. The summed E-state index contributed by atoms with van der Waals surface area (Å²) >= 11 is 12.1. The summed E-state index contributed by atoms with van der Waals surface area (Å²) in [5.41, 5.74) is 1.39. The Morgan fingerprint density at radius 1 is 0.967 bits per heavy atom. The third kappa shape index (κ3) is 4.95. The van der Waals surface area contributed by atoms with Crippen molar-refractivity contribution in [3.05, 3.63) is 63.6 Å². The molecule has 7 nitrogen and oxygen atoms in total. The number of hydrogen-bond donors (Lipinski definition) is 1. The van der Waals surface area contributed by atoms with Gasteiger partial charge in [-0.1, -0.05) is 41.4 Å². The minimum absolute atomic E-state index is 0.0698. The van der Waals surface area contributed by atoms with Gasteiger partial charge in [0.05, 0.1) is 10.0 Å². The van der Waals surface area contributed by atoms with Gasteiger partial charge in [0, 0.05) is 45.2 Å². The summed E-state index contributed by atoms with van der Waals surface area (Å²) in [5, 5.41) is 2.84. The van der Waals surface area contributed by atoms with Gasteiger partial charge in [0.1, 0.15) is 4.90 Å². The molecule has 0 spiro atoms. The third-order valence-corrected chi connectivity index (χ3v) is 7.64. The van der Waals surface area contributed by atoms with Gasteiger partial charge in [-0.3, -0.25) is 9.59 Å². The summed E-state index contributed by atoms with van der Waals surface area (Å²) < 4.78 is 27.2. The lowest BCUT2D eigenvalue weighted by atomic mass is 10.1. The second-order valence-electron chi connectivity index (χ2n) is 6.85. The first-order valence-corrected chi connectivity index (χ1v) is 11.5. The Morgan fingerprint density at radius 2 is 1.53 bits per heavy atom. The quantitative estimate of drug-likeness (QED) is 0.728. The molecule has 0 aromatic heterocycles. The number of halogens is 2. The monoisotopic (exact) mass is 469 g/mol. The molecule has 0 saturated carbocycles. The molecule has 1 N–H and O–H groups in total. The van der Waals surface area contributed by atoms with E-state index in [4.69, 9.17) is 23.2 Å². The van der Waals surface area contributed by atoms with Crippen molar-refractivity contribution < 1.29 is 18.0 Å². The normalized spacial score (nSPS) is 15.1. The van der Waals surface area contributed by atoms with Crippen LogP contribution in [0.1, 0.15) is 22.8 Å². The van der Waals surface area contributed by atoms with Gasteiger partial charge in [-0.2, -0.15) is 4.31 Å². The Balaban J connectivity index is 1.65. The zero-order chi connectivity index (χ0) is 21.9. The molecule has 1 aliphatic heterocycles. The topological polar surface area (TPSA) is 86.8 Å². The van der Waals surface area contributed by atoms with Crippen molar-refractivity contribution in [2.24, 2.45) is 0 Å². The van der Waals surface area contributed by atoms with Crippen LogP contribution in [-0.4, -0.2) is 55.6 Å². The van der Waals surface area contributed by atoms with Crippen molar-refractivity contribution in [1.82, 2.24) is 14.5 Å². The van der Waals surface area contributed by atoms with Crippen molar-refractivity contribution in [1.29, 1.82) is 0 Å². The van der Waals surface area contributed by atoms with E-state index in [1.807, 2.05) is 0 Å². The molecule has 1 saturated heterocycles. The first-order valence-electron chi connectivity index (χ1n) is 9.27. The maximum Gasteiger partial charge on any atom is 0.253 e. The summed E-state index contributed by atoms with van der Waals surface area (Å²) in [5.74, 6) is -0.296. The Bertz CT molecular complexity index is 1030. The van der Waals surface area contributed by atoms with Crippen LogP contribution in [0.15, 0.2) is 47.4 Å². The van der Waals surface area contributed by atoms with E-state index in [0.29, 0.717) is 12.1 Å². The molecule has 0 aliphatic carbocycles. The van der Waals surface area contributed by atoms with E-state index in [9.17, 15) is 18.0 Å². The minimum atomic E-state index is -3.86. The van der Waals surface area contributed by atoms with E-state index in [-0.39, 0.29) is 52.9 Å². The van der Waals surface area contributed by atoms with Crippen LogP contribution in [-0.2, 0) is 21.4 Å². The average molecular weight is 470 g/mol. The van der Waals surface area contributed by atoms with Crippen molar-refractivity contribution >= 4 is 45.0 Å². The number of rotatable bonds is 5. The smallest absolute Gasteiger partial charge is 0.253 e. The molecule has 0 atom stereocenters. The molecule has 0 radical (unpaired) electrons. The van der Waals surface area contributed by atoms with E-state index in [1.54, 1.807) is 35.2 Å². The van der Waals surface area contributed by atoms with Gasteiger partial charge in [0.2, 0.25) is 15.9 Å². The number of sulfonamides is 1. The van der Waals surface area contributed by atoms with Crippen LogP contribution in [0.4, 0.5) is 0 Å². The molecule has 0 bridgehead atoms. The van der Waals surface area contributed by atoms with Crippen LogP contribution >= 0.6 is 23.2 Å². The van der Waals surface area contributed by atoms with E-state index in [0.717, 1.165) is 5.56 Å². The molecule has 1 fully saturated rings. The molecule has 1 heterocycles. The lowest BCUT2D eigenvalue weighted by Crippen LogP contribution is -2.50. The zero-order valence-corrected chi connectivity index (χ0v) is 18.6. The predicted molar refractivity (Wildman–Crippen MR) is 115 cm³/mol. The standard InChI is InChI=1S/C20H21Cl2N3O4S/c1-14(26)23-13-15-5-7-16(8-6-15)20(27)24-9-11-25(12-10-24)30(28,29)19-17(21)3-2-4-18(19)22/h2-8H,9-13H2,1H3,(H,23,26). The minimum Gasteiger partial charge on any atom is -0.352 e. The first kappa shape index (κ1) is 22.6. The molecular formula is C20H21Cl2N3O4S. The maximum absolute atomic E-state index is 12.9. The summed E-state index contributed by atoms with van der Waals surface area (Å²) in [7, 11) is -3.86. The van der Waals surface area contributed by atoms with Crippen LogP contribution < -0.4 is 5.32 Å². The molecule has 30 heavy (non-hydrogen) atoms. The molecule has 1 aliphatic rings. The molecule has 0 unspecified atom stereocenters. The Labute approximate surface area is 185 Å². The average Bonchev–Trinajstić information content (AvgIpc) is 2.72. The Morgan fingerprint density at radius 3 is 2.07 bits per heavy atom. The van der Waals surface area contributed by atoms with Crippen molar-refractivity contribution in [2.45, 2.75) is 18.4 Å². The van der Waals surface area contributed by atoms with Gasteiger partial charge in [0.25, 0.3) is 5.91 Å². The first-order chi connectivity index (χ1) is 14.2. The van der Waals surface area contributed by atoms with E-state index >= 15 is 0 Å². The van der Waals surface area contributed by atoms with Crippen LogP contribution in [0.25, 0.3) is 0 Å². The fourth-order valence-corrected chi connectivity index (χ4v) is 5.68. The SMILES string of the molecule is CC(=O)NCc1ccc(C(=O)N2CCN(S(=O)(=O)c3c(Cl)cccc3Cl)CC2)cc1. The zero-order valence-electron chi connectivity index (χ0n) is 16.3. The number of nitrogens with zero attached hydrogens (tertiary/aromatic N) is 2. The second-order valence-corrected chi connectivity index (χ2v) is 9.54. The molecule has 2 amide bonds. The van der Waals surface area contributed by atoms with Crippen LogP contribution in [0.5, 0.6) is 0 Å². The molecule has 2 aromatic carbocycles. The van der Waals surface area contributed by atoms with Crippen LogP contribution in [0.2, 0.25) is 10.0 Å². The van der Waals surface area contributed by atoms with E-state index in [2.05, 4.69) is 5.32 Å². The number of benzene rings is 2. The second kappa shape index (κ2) is 9.34. The fourth-order valence-electron chi connectivity index (χ4n) is 3.16. The largest absolute Gasteiger partial charge is 0.352 e. The number of carbonyl (C=O) groups excluding carboxylic acids is 2. The summed E-state index contributed by atoms with van der Waals surface area (Å²) in [6.07, 6.45) is 0. The van der Waals surface area contributed by atoms with Gasteiger partial charge >= 0.3 is 0 Å². The van der Waals surface area contributed by atoms with Crippen molar-refractivity contribution in [3.63, 3.8) is 0 Å². The highest BCUT2D eigenvalue weighted by atomic mass is 35.5. The molecule has 10 heteroatoms. The van der Waals surface area contributed by atoms with Gasteiger partial charge in [-0.15, -0.1) is 0 Å². The third-order valence-electron chi connectivity index (χ3n) is 4.79. The van der Waals surface area contributed by atoms with Crippen LogP contribution in [0, 0.1) is 0 Å². The lowest BCUT2D eigenvalue weighted by molar-refractivity contribution is -0.119. The van der Waals surface area contributed by atoms with Crippen LogP contribution in [0.3, 0.4) is 0 Å². The number of piperazine rings is 1. The van der Waals surface area contributed by atoms with Crippen molar-refractivity contribution in [3.8, 4) is 0 Å². The number of hydrogen-bond acceptors (Lipinski definition) is 4. The maximum atomic E-state index is 12.9. The predicted octanol–water partition coefficient (Wildman–Crippen LogP) is 2.78. The number of carbonyl (C=O) groups is 2. The van der Waals surface area contributed by atoms with Gasteiger partial charge < -0.3 is 10.2 Å². The van der Waals surface area contributed by atoms with Crippen molar-refractivity contribution in [2.75, 3.05) is 26.2 Å². The van der Waals surface area contributed by atoms with Gasteiger partial charge in [-0.05, 0) is 29.8 Å². The Hall–Kier alpha value is -2.13. The number of nitrogens with one attached hydrogen (secondary N) is 1. The van der Waals surface area contributed by atoms with Gasteiger partial charge in [0.15, 0.2) is 0 Å². The number of amides is 2. The fraction of sp³-hybridized carbons (Fsp3) is 0.300. The van der Waals surface area contributed by atoms with E-state index < -0.39 is 10.0 Å². The Kier molecular flexibility index (Phi) is 7.02. The van der Waals surface area contributed by atoms with E-state index in [1.165, 1.54) is 23.4 Å².